The maximum absolute atomic E-state index is 12.6. The number of nitrogens with zero attached hydrogens (tertiary/aromatic N) is 3. The molecule has 0 aliphatic rings. The first-order valence-electron chi connectivity index (χ1n) is 9.23. The Morgan fingerprint density at radius 2 is 2.10 bits per heavy atom. The Labute approximate surface area is 173 Å². The van der Waals surface area contributed by atoms with E-state index in [2.05, 4.69) is 22.4 Å². The Balaban J connectivity index is 1.63. The number of methoxy groups -OCH3 is 2. The number of ether oxygens (including phenoxy) is 2. The zero-order chi connectivity index (χ0) is 20.6. The summed E-state index contributed by atoms with van der Waals surface area (Å²) in [6.45, 7) is 3.38. The molecule has 29 heavy (non-hydrogen) atoms. The quantitative estimate of drug-likeness (QED) is 0.539. The van der Waals surface area contributed by atoms with Crippen LogP contribution >= 0.6 is 11.3 Å². The highest BCUT2D eigenvalue weighted by Gasteiger charge is 2.17. The Morgan fingerprint density at radius 1 is 1.24 bits per heavy atom. The summed E-state index contributed by atoms with van der Waals surface area (Å²) >= 11 is 1.54. The van der Waals surface area contributed by atoms with Gasteiger partial charge in [0, 0.05) is 6.07 Å². The summed E-state index contributed by atoms with van der Waals surface area (Å²) in [5, 5.41) is 13.1. The number of hydrogen-bond donors (Lipinski definition) is 1. The number of hydrogen-bond acceptors (Lipinski definition) is 8. The standard InChI is InChI=1S/C20H24N4O4S/c1-4-9-24(13-19-22-23-20(28-19)17-6-5-10-29-17)12-18(25)21-15-8-7-14(26-2)11-16(15)27-3/h5-8,10-11H,4,9,12-13H2,1-3H3,(H,21,25). The van der Waals surface area contributed by atoms with Gasteiger partial charge in [-0.15, -0.1) is 21.5 Å². The molecule has 0 aliphatic carbocycles. The predicted octanol–water partition coefficient (Wildman–Crippen LogP) is 3.67. The molecule has 154 valence electrons. The topological polar surface area (TPSA) is 89.7 Å². The van der Waals surface area contributed by atoms with Gasteiger partial charge in [-0.05, 0) is 36.5 Å². The van der Waals surface area contributed by atoms with Crippen molar-refractivity contribution in [3.8, 4) is 22.3 Å². The first kappa shape index (κ1) is 20.8. The molecule has 2 aromatic heterocycles. The molecular formula is C20H24N4O4S. The van der Waals surface area contributed by atoms with Crippen LogP contribution in [0, 0.1) is 0 Å². The molecular weight excluding hydrogens is 392 g/mol. The van der Waals surface area contributed by atoms with E-state index >= 15 is 0 Å². The van der Waals surface area contributed by atoms with Gasteiger partial charge in [0.15, 0.2) is 0 Å². The van der Waals surface area contributed by atoms with E-state index in [9.17, 15) is 4.79 Å². The molecule has 0 unspecified atom stereocenters. The van der Waals surface area contributed by atoms with E-state index in [0.717, 1.165) is 17.8 Å². The Hall–Kier alpha value is -2.91. The van der Waals surface area contributed by atoms with Gasteiger partial charge < -0.3 is 19.2 Å². The third-order valence-corrected chi connectivity index (χ3v) is 5.01. The van der Waals surface area contributed by atoms with Crippen molar-refractivity contribution in [2.75, 3.05) is 32.6 Å². The molecule has 0 bridgehead atoms. The molecule has 9 heteroatoms. The monoisotopic (exact) mass is 416 g/mol. The molecule has 0 saturated heterocycles. The molecule has 8 nitrogen and oxygen atoms in total. The lowest BCUT2D eigenvalue weighted by molar-refractivity contribution is -0.117. The minimum atomic E-state index is -0.153. The number of anilines is 1. The first-order valence-corrected chi connectivity index (χ1v) is 10.1. The fourth-order valence-corrected chi connectivity index (χ4v) is 3.48. The number of nitrogens with one attached hydrogen (secondary N) is 1. The van der Waals surface area contributed by atoms with Gasteiger partial charge >= 0.3 is 0 Å². The van der Waals surface area contributed by atoms with Crippen LogP contribution in [0.25, 0.3) is 10.8 Å². The number of benzene rings is 1. The summed E-state index contributed by atoms with van der Waals surface area (Å²) in [5.41, 5.74) is 0.590. The van der Waals surface area contributed by atoms with Crippen molar-refractivity contribution in [3.63, 3.8) is 0 Å². The van der Waals surface area contributed by atoms with Crippen LogP contribution in [0.3, 0.4) is 0 Å². The number of carbonyl (C=O) groups is 1. The molecule has 3 aromatic rings. The minimum Gasteiger partial charge on any atom is -0.497 e. The molecule has 0 fully saturated rings. The number of rotatable bonds is 10. The Kier molecular flexibility index (Phi) is 7.20. The van der Waals surface area contributed by atoms with Crippen LogP contribution in [0.1, 0.15) is 19.2 Å². The van der Waals surface area contributed by atoms with Crippen molar-refractivity contribution < 1.29 is 18.7 Å². The van der Waals surface area contributed by atoms with Gasteiger partial charge in [0.05, 0.1) is 37.9 Å². The average Bonchev–Trinajstić information content (AvgIpc) is 3.40. The minimum absolute atomic E-state index is 0.153. The second-order valence-electron chi connectivity index (χ2n) is 6.30. The van der Waals surface area contributed by atoms with E-state index in [0.29, 0.717) is 35.5 Å². The second kappa shape index (κ2) is 10.0. The molecule has 1 N–H and O–H groups in total. The SMILES string of the molecule is CCCN(CC(=O)Nc1ccc(OC)cc1OC)Cc1nnc(-c2cccs2)o1. The van der Waals surface area contributed by atoms with Crippen LogP contribution in [0.4, 0.5) is 5.69 Å². The van der Waals surface area contributed by atoms with Gasteiger partial charge in [0.1, 0.15) is 11.5 Å². The van der Waals surface area contributed by atoms with Crippen LogP contribution in [0.2, 0.25) is 0 Å². The zero-order valence-corrected chi connectivity index (χ0v) is 17.5. The predicted molar refractivity (Wildman–Crippen MR) is 111 cm³/mol. The van der Waals surface area contributed by atoms with Gasteiger partial charge in [0.2, 0.25) is 11.8 Å². The van der Waals surface area contributed by atoms with Crippen LogP contribution in [0.5, 0.6) is 11.5 Å². The highest BCUT2D eigenvalue weighted by Crippen LogP contribution is 2.29. The average molecular weight is 417 g/mol. The third kappa shape index (κ3) is 5.55. The van der Waals surface area contributed by atoms with Crippen molar-refractivity contribution in [3.05, 3.63) is 41.6 Å². The summed E-state index contributed by atoms with van der Waals surface area (Å²) in [4.78, 5) is 15.5. The summed E-state index contributed by atoms with van der Waals surface area (Å²) in [6.07, 6.45) is 0.894. The maximum Gasteiger partial charge on any atom is 0.257 e. The van der Waals surface area contributed by atoms with Gasteiger partial charge in [-0.2, -0.15) is 0 Å². The summed E-state index contributed by atoms with van der Waals surface area (Å²) in [6, 6.07) is 9.12. The highest BCUT2D eigenvalue weighted by atomic mass is 32.1. The molecule has 0 atom stereocenters. The van der Waals surface area contributed by atoms with Crippen molar-refractivity contribution in [1.29, 1.82) is 0 Å². The van der Waals surface area contributed by atoms with E-state index in [1.165, 1.54) is 0 Å². The zero-order valence-electron chi connectivity index (χ0n) is 16.7. The summed E-state index contributed by atoms with van der Waals surface area (Å²) in [7, 11) is 3.13. The van der Waals surface area contributed by atoms with E-state index in [1.807, 2.05) is 22.4 Å². The largest absolute Gasteiger partial charge is 0.497 e. The normalized spacial score (nSPS) is 10.9. The van der Waals surface area contributed by atoms with Crippen molar-refractivity contribution in [2.45, 2.75) is 19.9 Å². The first-order chi connectivity index (χ1) is 14.1. The van der Waals surface area contributed by atoms with Crippen molar-refractivity contribution in [2.24, 2.45) is 0 Å². The van der Waals surface area contributed by atoms with Crippen LogP contribution in [-0.4, -0.2) is 48.3 Å². The van der Waals surface area contributed by atoms with Crippen molar-refractivity contribution in [1.82, 2.24) is 15.1 Å². The second-order valence-corrected chi connectivity index (χ2v) is 7.25. The summed E-state index contributed by atoms with van der Waals surface area (Å²) in [5.74, 6) is 2.03. The number of aromatic nitrogens is 2. The molecule has 0 spiro atoms. The fourth-order valence-electron chi connectivity index (χ4n) is 2.83. The van der Waals surface area contributed by atoms with Crippen molar-refractivity contribution >= 4 is 22.9 Å². The van der Waals surface area contributed by atoms with Gasteiger partial charge in [-0.1, -0.05) is 13.0 Å². The van der Waals surface area contributed by atoms with E-state index in [-0.39, 0.29) is 12.5 Å². The molecule has 0 aliphatic heterocycles. The van der Waals surface area contributed by atoms with Gasteiger partial charge in [0.25, 0.3) is 5.89 Å². The molecule has 1 amide bonds. The van der Waals surface area contributed by atoms with E-state index in [1.54, 1.807) is 43.8 Å². The summed E-state index contributed by atoms with van der Waals surface area (Å²) < 4.78 is 16.3. The molecule has 0 radical (unpaired) electrons. The lowest BCUT2D eigenvalue weighted by Crippen LogP contribution is -2.33. The number of thiophene rings is 1. The van der Waals surface area contributed by atoms with Crippen LogP contribution < -0.4 is 14.8 Å². The molecule has 0 saturated carbocycles. The van der Waals surface area contributed by atoms with Crippen LogP contribution in [0.15, 0.2) is 40.1 Å². The molecule has 2 heterocycles. The molecule has 1 aromatic carbocycles. The number of carbonyl (C=O) groups excluding carboxylic acids is 1. The fraction of sp³-hybridized carbons (Fsp3) is 0.350. The lowest BCUT2D eigenvalue weighted by Gasteiger charge is -2.19. The van der Waals surface area contributed by atoms with Crippen LogP contribution in [-0.2, 0) is 11.3 Å². The smallest absolute Gasteiger partial charge is 0.257 e. The van der Waals surface area contributed by atoms with E-state index < -0.39 is 0 Å². The lowest BCUT2D eigenvalue weighted by atomic mass is 10.2. The Bertz CT molecular complexity index is 926. The highest BCUT2D eigenvalue weighted by molar-refractivity contribution is 7.13. The third-order valence-electron chi connectivity index (χ3n) is 4.15. The maximum atomic E-state index is 12.6. The molecule has 3 rings (SSSR count). The van der Waals surface area contributed by atoms with Gasteiger partial charge in [-0.3, -0.25) is 9.69 Å². The number of amides is 1. The van der Waals surface area contributed by atoms with E-state index in [4.69, 9.17) is 13.9 Å². The van der Waals surface area contributed by atoms with Gasteiger partial charge in [-0.25, -0.2) is 0 Å². The Morgan fingerprint density at radius 3 is 2.79 bits per heavy atom.